The van der Waals surface area contributed by atoms with Crippen LogP contribution in [0.15, 0.2) is 30.5 Å². The Morgan fingerprint density at radius 3 is 2.70 bits per heavy atom. The minimum absolute atomic E-state index is 0.0671. The van der Waals surface area contributed by atoms with Gasteiger partial charge in [-0.05, 0) is 74.5 Å². The molecule has 1 saturated heterocycles. The zero-order chi connectivity index (χ0) is 22.9. The summed E-state index contributed by atoms with van der Waals surface area (Å²) in [5, 5.41) is 6.68. The van der Waals surface area contributed by atoms with E-state index in [1.54, 1.807) is 4.90 Å². The van der Waals surface area contributed by atoms with Crippen molar-refractivity contribution in [1.29, 1.82) is 0 Å². The van der Waals surface area contributed by atoms with Gasteiger partial charge in [0.1, 0.15) is 12.2 Å². The maximum absolute atomic E-state index is 14.4. The zero-order valence-corrected chi connectivity index (χ0v) is 19.5. The molecule has 2 saturated carbocycles. The smallest absolute Gasteiger partial charge is 0.255 e. The van der Waals surface area contributed by atoms with Crippen molar-refractivity contribution in [3.8, 4) is 0 Å². The average molecular weight is 454 g/mol. The molecule has 178 valence electrons. The molecule has 1 unspecified atom stereocenters. The highest BCUT2D eigenvalue weighted by Crippen LogP contribution is 2.34. The second-order valence-corrected chi connectivity index (χ2v) is 10.6. The SMILES string of the molecule is C=C1CCC(N2Cc3cc(C[C@H]4C[C@@H](F)CC[C@@H]4NC4CCCCC4)ccc3C2=O)C(=O)N1. The summed E-state index contributed by atoms with van der Waals surface area (Å²) in [5.41, 5.74) is 3.57. The van der Waals surface area contributed by atoms with Gasteiger partial charge in [-0.1, -0.05) is 38.0 Å². The predicted molar refractivity (Wildman–Crippen MR) is 126 cm³/mol. The lowest BCUT2D eigenvalue weighted by atomic mass is 9.78. The van der Waals surface area contributed by atoms with Crippen LogP contribution >= 0.6 is 0 Å². The van der Waals surface area contributed by atoms with Crippen molar-refractivity contribution < 1.29 is 14.0 Å². The van der Waals surface area contributed by atoms with Gasteiger partial charge in [0.15, 0.2) is 0 Å². The molecule has 5 nitrogen and oxygen atoms in total. The van der Waals surface area contributed by atoms with E-state index in [1.165, 1.54) is 37.7 Å². The van der Waals surface area contributed by atoms with Crippen LogP contribution in [0.1, 0.15) is 85.7 Å². The molecule has 4 aliphatic rings. The first-order chi connectivity index (χ1) is 16.0. The molecule has 2 N–H and O–H groups in total. The molecular weight excluding hydrogens is 417 g/mol. The molecule has 1 aromatic rings. The fourth-order valence-corrected chi connectivity index (χ4v) is 6.36. The first kappa shape index (κ1) is 22.6. The Balaban J connectivity index is 1.27. The van der Waals surface area contributed by atoms with Gasteiger partial charge in [-0.3, -0.25) is 9.59 Å². The Hall–Kier alpha value is -2.21. The number of hydrogen-bond acceptors (Lipinski definition) is 3. The molecule has 0 bridgehead atoms. The number of fused-ring (bicyclic) bond motifs is 1. The summed E-state index contributed by atoms with van der Waals surface area (Å²) >= 11 is 0. The number of carbonyl (C=O) groups is 2. The van der Waals surface area contributed by atoms with Crippen LogP contribution in [0.2, 0.25) is 0 Å². The number of rotatable bonds is 5. The lowest BCUT2D eigenvalue weighted by molar-refractivity contribution is -0.126. The lowest BCUT2D eigenvalue weighted by Gasteiger charge is -2.38. The fraction of sp³-hybridized carbons (Fsp3) is 0.630. The van der Waals surface area contributed by atoms with Gasteiger partial charge in [-0.25, -0.2) is 4.39 Å². The molecule has 5 rings (SSSR count). The highest BCUT2D eigenvalue weighted by Gasteiger charge is 2.38. The first-order valence-corrected chi connectivity index (χ1v) is 12.8. The molecule has 0 aromatic heterocycles. The van der Waals surface area contributed by atoms with E-state index in [1.807, 2.05) is 12.1 Å². The standard InChI is InChI=1S/C27H36FN3O2/c1-17-7-12-25(26(32)29-17)31-16-20-14-18(8-10-23(20)27(31)33)13-19-15-21(28)9-11-24(19)30-22-5-3-2-4-6-22/h8,10,14,19,21-22,24-25,30H,1-7,9,11-13,15-16H2,(H,29,32)/t19-,21-,24-,25?/m0/s1. The Labute approximate surface area is 196 Å². The summed E-state index contributed by atoms with van der Waals surface area (Å²) in [5.74, 6) is 0.0695. The van der Waals surface area contributed by atoms with Crippen LogP contribution in [0.3, 0.4) is 0 Å². The normalized spacial score (nSPS) is 30.9. The van der Waals surface area contributed by atoms with Crippen LogP contribution in [-0.2, 0) is 17.8 Å². The molecule has 2 aliphatic carbocycles. The van der Waals surface area contributed by atoms with Crippen molar-refractivity contribution in [3.05, 3.63) is 47.2 Å². The van der Waals surface area contributed by atoms with E-state index in [2.05, 4.69) is 23.3 Å². The van der Waals surface area contributed by atoms with Crippen LogP contribution in [0.5, 0.6) is 0 Å². The van der Waals surface area contributed by atoms with Gasteiger partial charge < -0.3 is 15.5 Å². The van der Waals surface area contributed by atoms with Crippen LogP contribution < -0.4 is 10.6 Å². The zero-order valence-electron chi connectivity index (χ0n) is 19.5. The number of nitrogens with zero attached hydrogens (tertiary/aromatic N) is 1. The largest absolute Gasteiger partial charge is 0.329 e. The summed E-state index contributed by atoms with van der Waals surface area (Å²) in [7, 11) is 0. The van der Waals surface area contributed by atoms with E-state index in [0.29, 0.717) is 49.9 Å². The van der Waals surface area contributed by atoms with E-state index in [9.17, 15) is 14.0 Å². The van der Waals surface area contributed by atoms with Gasteiger partial charge in [0, 0.05) is 29.9 Å². The summed E-state index contributed by atoms with van der Waals surface area (Å²) in [6.45, 7) is 4.30. The van der Waals surface area contributed by atoms with Gasteiger partial charge in [0.25, 0.3) is 5.91 Å². The summed E-state index contributed by atoms with van der Waals surface area (Å²) in [4.78, 5) is 27.1. The third-order valence-corrected chi connectivity index (χ3v) is 8.17. The summed E-state index contributed by atoms with van der Waals surface area (Å²) < 4.78 is 14.4. The van der Waals surface area contributed by atoms with Gasteiger partial charge in [-0.2, -0.15) is 0 Å². The van der Waals surface area contributed by atoms with Crippen molar-refractivity contribution in [2.75, 3.05) is 0 Å². The number of carbonyl (C=O) groups excluding carboxylic acids is 2. The fourth-order valence-electron chi connectivity index (χ4n) is 6.36. The Morgan fingerprint density at radius 2 is 1.91 bits per heavy atom. The summed E-state index contributed by atoms with van der Waals surface area (Å²) in [6, 6.07) is 6.56. The molecular formula is C27H36FN3O2. The number of nitrogens with one attached hydrogen (secondary N) is 2. The number of amides is 2. The Kier molecular flexibility index (Phi) is 6.55. The molecule has 2 amide bonds. The van der Waals surface area contributed by atoms with Gasteiger partial charge >= 0.3 is 0 Å². The Morgan fingerprint density at radius 1 is 1.09 bits per heavy atom. The number of hydrogen-bond donors (Lipinski definition) is 2. The van der Waals surface area contributed by atoms with Crippen molar-refractivity contribution in [2.45, 2.75) is 101 Å². The monoisotopic (exact) mass is 453 g/mol. The highest BCUT2D eigenvalue weighted by molar-refractivity contribution is 6.01. The van der Waals surface area contributed by atoms with Crippen molar-refractivity contribution in [1.82, 2.24) is 15.5 Å². The van der Waals surface area contributed by atoms with Crippen LogP contribution in [0.4, 0.5) is 4.39 Å². The molecule has 6 heteroatoms. The van der Waals surface area contributed by atoms with Crippen molar-refractivity contribution >= 4 is 11.8 Å². The Bertz CT molecular complexity index is 926. The van der Waals surface area contributed by atoms with Crippen LogP contribution in [0.25, 0.3) is 0 Å². The quantitative estimate of drug-likeness (QED) is 0.694. The van der Waals surface area contributed by atoms with E-state index in [0.717, 1.165) is 24.1 Å². The van der Waals surface area contributed by atoms with Crippen LogP contribution in [-0.4, -0.2) is 41.0 Å². The number of alkyl halides is 1. The number of benzene rings is 1. The lowest BCUT2D eigenvalue weighted by Crippen LogP contribution is -2.49. The molecule has 4 atom stereocenters. The molecule has 2 aliphatic heterocycles. The van der Waals surface area contributed by atoms with Gasteiger partial charge in [-0.15, -0.1) is 0 Å². The van der Waals surface area contributed by atoms with E-state index in [4.69, 9.17) is 0 Å². The van der Waals surface area contributed by atoms with E-state index < -0.39 is 12.2 Å². The van der Waals surface area contributed by atoms with Crippen LogP contribution in [0, 0.1) is 5.92 Å². The minimum atomic E-state index is -0.717. The van der Waals surface area contributed by atoms with Gasteiger partial charge in [0.2, 0.25) is 5.91 Å². The second-order valence-electron chi connectivity index (χ2n) is 10.6. The van der Waals surface area contributed by atoms with E-state index >= 15 is 0 Å². The third-order valence-electron chi connectivity index (χ3n) is 8.17. The van der Waals surface area contributed by atoms with Gasteiger partial charge in [0.05, 0.1) is 0 Å². The number of halogens is 1. The molecule has 1 aromatic carbocycles. The minimum Gasteiger partial charge on any atom is -0.329 e. The molecule has 0 radical (unpaired) electrons. The molecule has 3 fully saturated rings. The third kappa shape index (κ3) is 4.86. The predicted octanol–water partition coefficient (Wildman–Crippen LogP) is 4.41. The first-order valence-electron chi connectivity index (χ1n) is 12.8. The average Bonchev–Trinajstić information content (AvgIpc) is 3.12. The molecule has 0 spiro atoms. The van der Waals surface area contributed by atoms with E-state index in [-0.39, 0.29) is 17.7 Å². The molecule has 2 heterocycles. The maximum atomic E-state index is 14.4. The maximum Gasteiger partial charge on any atom is 0.255 e. The van der Waals surface area contributed by atoms with Crippen molar-refractivity contribution in [2.24, 2.45) is 5.92 Å². The van der Waals surface area contributed by atoms with Crippen molar-refractivity contribution in [3.63, 3.8) is 0 Å². The summed E-state index contributed by atoms with van der Waals surface area (Å²) in [6.07, 6.45) is 10.00. The second kappa shape index (κ2) is 9.57. The highest BCUT2D eigenvalue weighted by atomic mass is 19.1. The topological polar surface area (TPSA) is 61.4 Å². The number of allylic oxidation sites excluding steroid dienone is 1. The molecule has 33 heavy (non-hydrogen) atoms. The number of piperidine rings is 1.